The highest BCUT2D eigenvalue weighted by atomic mass is 16.2. The van der Waals surface area contributed by atoms with Crippen molar-refractivity contribution in [3.8, 4) is 0 Å². The molecule has 3 heteroatoms. The summed E-state index contributed by atoms with van der Waals surface area (Å²) in [4.78, 5) is 14.1. The lowest BCUT2D eigenvalue weighted by molar-refractivity contribution is -0.131. The van der Waals surface area contributed by atoms with Crippen molar-refractivity contribution < 1.29 is 4.79 Å². The van der Waals surface area contributed by atoms with Crippen LogP contribution in [0.2, 0.25) is 0 Å². The Labute approximate surface area is 122 Å². The molecule has 1 aromatic rings. The van der Waals surface area contributed by atoms with Crippen molar-refractivity contribution in [2.24, 2.45) is 5.92 Å². The van der Waals surface area contributed by atoms with Gasteiger partial charge >= 0.3 is 0 Å². The molecule has 2 atom stereocenters. The number of carbonyl (C=O) groups excluding carboxylic acids is 1. The summed E-state index contributed by atoms with van der Waals surface area (Å²) in [5, 5.41) is 3.08. The van der Waals surface area contributed by atoms with Gasteiger partial charge in [-0.3, -0.25) is 4.79 Å². The lowest BCUT2D eigenvalue weighted by Crippen LogP contribution is -2.34. The lowest BCUT2D eigenvalue weighted by atomic mass is 10.00. The third kappa shape index (κ3) is 3.40. The molecule has 0 saturated heterocycles. The summed E-state index contributed by atoms with van der Waals surface area (Å²) in [6.45, 7) is 6.04. The van der Waals surface area contributed by atoms with Gasteiger partial charge in [0.15, 0.2) is 0 Å². The fourth-order valence-corrected chi connectivity index (χ4v) is 2.64. The van der Waals surface area contributed by atoms with Crippen LogP contribution in [0.5, 0.6) is 0 Å². The molecular formula is C17H26N2O. The highest BCUT2D eigenvalue weighted by Gasteiger charge is 2.44. The van der Waals surface area contributed by atoms with Gasteiger partial charge in [-0.05, 0) is 36.4 Å². The first-order chi connectivity index (χ1) is 9.54. The Bertz CT molecular complexity index is 453. The molecule has 0 heterocycles. The number of nitrogens with one attached hydrogen (secondary N) is 1. The number of carbonyl (C=O) groups is 1. The molecule has 1 aromatic carbocycles. The van der Waals surface area contributed by atoms with Crippen LogP contribution in [0.25, 0.3) is 0 Å². The predicted molar refractivity (Wildman–Crippen MR) is 82.9 cm³/mol. The van der Waals surface area contributed by atoms with Crippen LogP contribution in [0.1, 0.15) is 43.2 Å². The molecule has 110 valence electrons. The van der Waals surface area contributed by atoms with E-state index in [-0.39, 0.29) is 11.8 Å². The maximum absolute atomic E-state index is 12.3. The molecule has 0 radical (unpaired) electrons. The van der Waals surface area contributed by atoms with Crippen molar-refractivity contribution in [1.82, 2.24) is 10.2 Å². The topological polar surface area (TPSA) is 32.3 Å². The van der Waals surface area contributed by atoms with Crippen LogP contribution < -0.4 is 5.32 Å². The fraction of sp³-hybridized carbons (Fsp3) is 0.588. The van der Waals surface area contributed by atoms with Gasteiger partial charge in [-0.15, -0.1) is 0 Å². The number of likely N-dealkylation sites (N-methyl/N-ethyl adjacent to an activating group) is 2. The van der Waals surface area contributed by atoms with E-state index in [1.807, 2.05) is 19.0 Å². The Morgan fingerprint density at radius 1 is 1.35 bits per heavy atom. The van der Waals surface area contributed by atoms with Gasteiger partial charge in [-0.1, -0.05) is 38.1 Å². The fourth-order valence-electron chi connectivity index (χ4n) is 2.64. The summed E-state index contributed by atoms with van der Waals surface area (Å²) < 4.78 is 0. The molecule has 1 aliphatic carbocycles. The summed E-state index contributed by atoms with van der Waals surface area (Å²) in [6, 6.07) is 8.79. The molecule has 1 amide bonds. The summed E-state index contributed by atoms with van der Waals surface area (Å²) in [5.74, 6) is 1.48. The zero-order chi connectivity index (χ0) is 14.7. The highest BCUT2D eigenvalue weighted by Crippen LogP contribution is 2.48. The van der Waals surface area contributed by atoms with Gasteiger partial charge in [0.05, 0.1) is 0 Å². The first-order valence-electron chi connectivity index (χ1n) is 7.54. The van der Waals surface area contributed by atoms with Gasteiger partial charge in [0, 0.05) is 26.1 Å². The van der Waals surface area contributed by atoms with Crippen LogP contribution in [0.15, 0.2) is 24.3 Å². The monoisotopic (exact) mass is 274 g/mol. The van der Waals surface area contributed by atoms with E-state index in [0.29, 0.717) is 11.8 Å². The summed E-state index contributed by atoms with van der Waals surface area (Å²) in [6.07, 6.45) is 1.00. The normalized spacial score (nSPS) is 21.1. The van der Waals surface area contributed by atoms with E-state index in [2.05, 4.69) is 43.4 Å². The average molecular weight is 274 g/mol. The third-order valence-electron chi connectivity index (χ3n) is 4.21. The molecule has 1 saturated carbocycles. The summed E-state index contributed by atoms with van der Waals surface area (Å²) in [5.41, 5.74) is 2.68. The molecule has 20 heavy (non-hydrogen) atoms. The molecule has 1 N–H and O–H groups in total. The molecule has 2 unspecified atom stereocenters. The minimum atomic E-state index is 0.196. The van der Waals surface area contributed by atoms with Crippen LogP contribution in [0, 0.1) is 5.92 Å². The van der Waals surface area contributed by atoms with Crippen LogP contribution >= 0.6 is 0 Å². The third-order valence-corrected chi connectivity index (χ3v) is 4.21. The maximum Gasteiger partial charge on any atom is 0.226 e. The molecule has 0 bridgehead atoms. The van der Waals surface area contributed by atoms with Crippen molar-refractivity contribution in [2.45, 2.75) is 32.1 Å². The summed E-state index contributed by atoms with van der Waals surface area (Å²) in [7, 11) is 3.81. The molecule has 0 aliphatic heterocycles. The smallest absolute Gasteiger partial charge is 0.226 e. The largest absolute Gasteiger partial charge is 0.344 e. The van der Waals surface area contributed by atoms with Gasteiger partial charge in [-0.2, -0.15) is 0 Å². The SMILES string of the molecule is CNCCN(C)C(=O)C1CC1c1ccc(C(C)C)cc1. The molecular weight excluding hydrogens is 248 g/mol. The molecule has 1 fully saturated rings. The quantitative estimate of drug-likeness (QED) is 0.865. The number of rotatable bonds is 6. The van der Waals surface area contributed by atoms with Gasteiger partial charge in [-0.25, -0.2) is 0 Å². The van der Waals surface area contributed by atoms with Crippen molar-refractivity contribution in [3.05, 3.63) is 35.4 Å². The highest BCUT2D eigenvalue weighted by molar-refractivity contribution is 5.82. The Hall–Kier alpha value is -1.35. The number of hydrogen-bond donors (Lipinski definition) is 1. The van der Waals surface area contributed by atoms with Crippen LogP contribution in [0.3, 0.4) is 0 Å². The molecule has 0 aromatic heterocycles. The second-order valence-corrected chi connectivity index (χ2v) is 6.13. The van der Waals surface area contributed by atoms with Gasteiger partial charge < -0.3 is 10.2 Å². The van der Waals surface area contributed by atoms with Crippen molar-refractivity contribution in [3.63, 3.8) is 0 Å². The van der Waals surface area contributed by atoms with E-state index >= 15 is 0 Å². The molecule has 3 nitrogen and oxygen atoms in total. The van der Waals surface area contributed by atoms with E-state index in [1.165, 1.54) is 11.1 Å². The minimum Gasteiger partial charge on any atom is -0.344 e. The van der Waals surface area contributed by atoms with E-state index in [0.717, 1.165) is 19.5 Å². The van der Waals surface area contributed by atoms with Crippen molar-refractivity contribution in [2.75, 3.05) is 27.2 Å². The zero-order valence-corrected chi connectivity index (χ0v) is 13.0. The Morgan fingerprint density at radius 2 is 2.00 bits per heavy atom. The van der Waals surface area contributed by atoms with Crippen molar-refractivity contribution in [1.29, 1.82) is 0 Å². The minimum absolute atomic E-state index is 0.196. The van der Waals surface area contributed by atoms with Gasteiger partial charge in [0.25, 0.3) is 0 Å². The number of hydrogen-bond acceptors (Lipinski definition) is 2. The molecule has 2 rings (SSSR count). The van der Waals surface area contributed by atoms with E-state index in [1.54, 1.807) is 0 Å². The van der Waals surface area contributed by atoms with Crippen LogP contribution in [-0.2, 0) is 4.79 Å². The van der Waals surface area contributed by atoms with Crippen LogP contribution in [0.4, 0.5) is 0 Å². The van der Waals surface area contributed by atoms with Gasteiger partial charge in [0.1, 0.15) is 0 Å². The van der Waals surface area contributed by atoms with Gasteiger partial charge in [0.2, 0.25) is 5.91 Å². The first kappa shape index (κ1) is 15.0. The summed E-state index contributed by atoms with van der Waals surface area (Å²) >= 11 is 0. The Kier molecular flexibility index (Phi) is 4.81. The van der Waals surface area contributed by atoms with E-state index < -0.39 is 0 Å². The standard InChI is InChI=1S/C17H26N2O/c1-12(2)13-5-7-14(8-6-13)15-11-16(15)17(20)19(4)10-9-18-3/h5-8,12,15-16,18H,9-11H2,1-4H3. The maximum atomic E-state index is 12.3. The predicted octanol–water partition coefficient (Wildman–Crippen LogP) is 2.59. The van der Waals surface area contributed by atoms with Crippen LogP contribution in [-0.4, -0.2) is 38.0 Å². The second-order valence-electron chi connectivity index (χ2n) is 6.13. The second kappa shape index (κ2) is 6.40. The Balaban J connectivity index is 1.92. The molecule has 0 spiro atoms. The Morgan fingerprint density at radius 3 is 2.55 bits per heavy atom. The average Bonchev–Trinajstić information content (AvgIpc) is 3.24. The number of benzene rings is 1. The number of amides is 1. The van der Waals surface area contributed by atoms with E-state index in [9.17, 15) is 4.79 Å². The first-order valence-corrected chi connectivity index (χ1v) is 7.54. The van der Waals surface area contributed by atoms with Crippen molar-refractivity contribution >= 4 is 5.91 Å². The van der Waals surface area contributed by atoms with E-state index in [4.69, 9.17) is 0 Å². The zero-order valence-electron chi connectivity index (χ0n) is 13.0. The lowest BCUT2D eigenvalue weighted by Gasteiger charge is -2.17. The molecule has 1 aliphatic rings. The number of nitrogens with zero attached hydrogens (tertiary/aromatic N) is 1.